The Bertz CT molecular complexity index is 1020. The van der Waals surface area contributed by atoms with Crippen LogP contribution in [0.4, 0.5) is 11.4 Å². The average Bonchev–Trinajstić information content (AvgIpc) is 3.22. The summed E-state index contributed by atoms with van der Waals surface area (Å²) in [6.07, 6.45) is 3.66. The molecule has 0 aliphatic heterocycles. The summed E-state index contributed by atoms with van der Waals surface area (Å²) in [4.78, 5) is 13.8. The summed E-state index contributed by atoms with van der Waals surface area (Å²) in [7, 11) is -1.71. The number of nitrogens with two attached hydrogens (primary N) is 1. The monoisotopic (exact) mass is 425 g/mol. The molecule has 3 N–H and O–H groups in total. The van der Waals surface area contributed by atoms with Gasteiger partial charge >= 0.3 is 8.03 Å². The van der Waals surface area contributed by atoms with Gasteiger partial charge in [0.15, 0.2) is 0 Å². The minimum Gasteiger partial charge on any atom is -0.397 e. The van der Waals surface area contributed by atoms with E-state index < -0.39 is 8.03 Å². The smallest absolute Gasteiger partial charge is 0.397 e. The van der Waals surface area contributed by atoms with E-state index in [9.17, 15) is 9.36 Å². The van der Waals surface area contributed by atoms with Crippen molar-refractivity contribution in [3.63, 3.8) is 0 Å². The average molecular weight is 425 g/mol. The zero-order valence-corrected chi connectivity index (χ0v) is 17.5. The predicted molar refractivity (Wildman–Crippen MR) is 119 cm³/mol. The van der Waals surface area contributed by atoms with Crippen LogP contribution in [0.2, 0.25) is 0 Å². The minimum absolute atomic E-state index is 0.152. The molecule has 4 rings (SSSR count). The van der Waals surface area contributed by atoms with E-state index in [1.54, 1.807) is 29.5 Å². The van der Waals surface area contributed by atoms with Crippen LogP contribution >= 0.6 is 19.4 Å². The summed E-state index contributed by atoms with van der Waals surface area (Å²) in [5, 5.41) is 4.90. The molecule has 1 aromatic heterocycles. The SMILES string of the molecule is Nc1ccc(-c2cccs2)cc1NC(=O)c1ccc(C[P+](=O)OC2CCC2)cc1. The summed E-state index contributed by atoms with van der Waals surface area (Å²) >= 11 is 1.63. The second-order valence-electron chi connectivity index (χ2n) is 7.08. The van der Waals surface area contributed by atoms with E-state index in [4.69, 9.17) is 10.3 Å². The molecular weight excluding hydrogens is 403 g/mol. The number of carbonyl (C=O) groups is 1. The molecule has 5 nitrogen and oxygen atoms in total. The Labute approximate surface area is 174 Å². The van der Waals surface area contributed by atoms with E-state index in [2.05, 4.69) is 5.32 Å². The fraction of sp³-hybridized carbons (Fsp3) is 0.227. The van der Waals surface area contributed by atoms with Crippen LogP contribution in [0.3, 0.4) is 0 Å². The predicted octanol–water partition coefficient (Wildman–Crippen LogP) is 6.06. The molecule has 3 aromatic rings. The van der Waals surface area contributed by atoms with Gasteiger partial charge in [0.05, 0.1) is 11.4 Å². The maximum atomic E-state index is 12.6. The van der Waals surface area contributed by atoms with Gasteiger partial charge in [-0.1, -0.05) is 24.3 Å². The Hall–Kier alpha value is -2.53. The lowest BCUT2D eigenvalue weighted by Gasteiger charge is -2.18. The molecule has 1 aliphatic carbocycles. The Morgan fingerprint density at radius 3 is 2.62 bits per heavy atom. The first-order valence-corrected chi connectivity index (χ1v) is 11.8. The van der Waals surface area contributed by atoms with Crippen molar-refractivity contribution in [1.29, 1.82) is 0 Å². The molecule has 0 radical (unpaired) electrons. The molecule has 1 saturated carbocycles. The van der Waals surface area contributed by atoms with E-state index in [-0.39, 0.29) is 12.0 Å². The van der Waals surface area contributed by atoms with Crippen LogP contribution in [0.1, 0.15) is 35.2 Å². The molecule has 29 heavy (non-hydrogen) atoms. The highest BCUT2D eigenvalue weighted by Crippen LogP contribution is 2.36. The van der Waals surface area contributed by atoms with E-state index in [0.29, 0.717) is 23.1 Å². The van der Waals surface area contributed by atoms with E-state index in [1.807, 2.05) is 41.8 Å². The Kier molecular flexibility index (Phi) is 6.05. The van der Waals surface area contributed by atoms with Crippen molar-refractivity contribution < 1.29 is 13.9 Å². The van der Waals surface area contributed by atoms with E-state index in [0.717, 1.165) is 35.3 Å². The molecule has 1 unspecified atom stereocenters. The van der Waals surface area contributed by atoms with Gasteiger partial charge in [-0.25, -0.2) is 0 Å². The second kappa shape index (κ2) is 8.87. The molecule has 1 fully saturated rings. The molecule has 2 aromatic carbocycles. The third kappa shape index (κ3) is 4.91. The Balaban J connectivity index is 1.40. The van der Waals surface area contributed by atoms with Gasteiger partial charge in [-0.2, -0.15) is 0 Å². The van der Waals surface area contributed by atoms with Crippen LogP contribution in [0.25, 0.3) is 10.4 Å². The molecule has 1 aliphatic rings. The maximum absolute atomic E-state index is 12.6. The summed E-state index contributed by atoms with van der Waals surface area (Å²) in [6, 6.07) is 16.7. The van der Waals surface area contributed by atoms with E-state index in [1.165, 1.54) is 0 Å². The van der Waals surface area contributed by atoms with Crippen molar-refractivity contribution in [2.75, 3.05) is 11.1 Å². The molecular formula is C22H22N2O3PS+. The summed E-state index contributed by atoms with van der Waals surface area (Å²) < 4.78 is 17.6. The number of carbonyl (C=O) groups excluding carboxylic acids is 1. The van der Waals surface area contributed by atoms with Gasteiger partial charge in [-0.3, -0.25) is 4.79 Å². The van der Waals surface area contributed by atoms with Gasteiger partial charge in [0.2, 0.25) is 6.16 Å². The van der Waals surface area contributed by atoms with Crippen molar-refractivity contribution in [3.05, 3.63) is 71.1 Å². The summed E-state index contributed by atoms with van der Waals surface area (Å²) in [5.41, 5.74) is 9.56. The Morgan fingerprint density at radius 1 is 1.17 bits per heavy atom. The molecule has 148 valence electrons. The third-order valence-corrected chi connectivity index (χ3v) is 7.03. The van der Waals surface area contributed by atoms with Gasteiger partial charge < -0.3 is 11.1 Å². The number of anilines is 2. The zero-order chi connectivity index (χ0) is 20.2. The second-order valence-corrected chi connectivity index (χ2v) is 9.22. The molecule has 7 heteroatoms. The molecule has 1 atom stereocenters. The summed E-state index contributed by atoms with van der Waals surface area (Å²) in [6.45, 7) is 0. The van der Waals surface area contributed by atoms with Gasteiger partial charge in [0, 0.05) is 16.0 Å². The normalized spacial score (nSPS) is 14.3. The van der Waals surface area contributed by atoms with Crippen LogP contribution in [-0.4, -0.2) is 12.0 Å². The van der Waals surface area contributed by atoms with Gasteiger partial charge in [0.25, 0.3) is 5.91 Å². The van der Waals surface area contributed by atoms with Crippen LogP contribution in [0, 0.1) is 0 Å². The topological polar surface area (TPSA) is 81.4 Å². The van der Waals surface area contributed by atoms with Crippen molar-refractivity contribution in [2.24, 2.45) is 0 Å². The summed E-state index contributed by atoms with van der Waals surface area (Å²) in [5.74, 6) is -0.235. The first-order valence-electron chi connectivity index (χ1n) is 9.53. The van der Waals surface area contributed by atoms with Gasteiger partial charge in [-0.15, -0.1) is 15.9 Å². The minimum atomic E-state index is -1.71. The number of rotatable bonds is 7. The maximum Gasteiger partial charge on any atom is 0.513 e. The fourth-order valence-corrected chi connectivity index (χ4v) is 4.90. The zero-order valence-electron chi connectivity index (χ0n) is 15.8. The quantitative estimate of drug-likeness (QED) is 0.356. The van der Waals surface area contributed by atoms with Crippen molar-refractivity contribution in [3.8, 4) is 10.4 Å². The lowest BCUT2D eigenvalue weighted by molar-refractivity contribution is 0.102. The van der Waals surface area contributed by atoms with Crippen LogP contribution in [0.5, 0.6) is 0 Å². The van der Waals surface area contributed by atoms with Crippen molar-refractivity contribution >= 4 is 36.6 Å². The highest BCUT2D eigenvalue weighted by Gasteiger charge is 2.29. The van der Waals surface area contributed by atoms with E-state index >= 15 is 0 Å². The number of benzene rings is 2. The Morgan fingerprint density at radius 2 is 1.97 bits per heavy atom. The first kappa shape index (κ1) is 19.8. The van der Waals surface area contributed by atoms with Gasteiger partial charge in [0.1, 0.15) is 6.10 Å². The molecule has 0 bridgehead atoms. The number of nitrogens with one attached hydrogen (secondary N) is 1. The first-order chi connectivity index (χ1) is 14.1. The number of thiophene rings is 1. The molecule has 1 amide bonds. The van der Waals surface area contributed by atoms with Crippen LogP contribution < -0.4 is 11.1 Å². The van der Waals surface area contributed by atoms with Crippen molar-refractivity contribution in [2.45, 2.75) is 31.5 Å². The molecule has 0 saturated heterocycles. The van der Waals surface area contributed by atoms with Gasteiger partial charge in [-0.05, 0) is 65.1 Å². The fourth-order valence-electron chi connectivity index (χ4n) is 3.05. The highest BCUT2D eigenvalue weighted by molar-refractivity contribution is 7.38. The van der Waals surface area contributed by atoms with Crippen molar-refractivity contribution in [1.82, 2.24) is 0 Å². The number of hydrogen-bond acceptors (Lipinski definition) is 5. The molecule has 1 heterocycles. The number of nitrogen functional groups attached to an aromatic ring is 1. The standard InChI is InChI=1S/C22H21N2O3PS/c23-19-11-10-17(21-5-2-12-29-21)13-20(19)24-22(25)16-8-6-15(7-9-16)14-28(26)27-18-3-1-4-18/h2,5-13,18H,1,3-4,14,23H2/p+1. The number of amides is 1. The highest BCUT2D eigenvalue weighted by atomic mass is 32.1. The lowest BCUT2D eigenvalue weighted by atomic mass is 9.97. The largest absolute Gasteiger partial charge is 0.513 e. The van der Waals surface area contributed by atoms with Crippen LogP contribution in [0.15, 0.2) is 60.0 Å². The van der Waals surface area contributed by atoms with Crippen LogP contribution in [-0.2, 0) is 15.3 Å². The third-order valence-electron chi connectivity index (χ3n) is 4.95. The lowest BCUT2D eigenvalue weighted by Crippen LogP contribution is -2.18. The number of hydrogen-bond donors (Lipinski definition) is 2. The molecule has 0 spiro atoms.